The molecule has 25 heavy (non-hydrogen) atoms. The van der Waals surface area contributed by atoms with Gasteiger partial charge in [-0.2, -0.15) is 0 Å². The van der Waals surface area contributed by atoms with Gasteiger partial charge in [-0.05, 0) is 42.5 Å². The van der Waals surface area contributed by atoms with Gasteiger partial charge in [0, 0.05) is 16.1 Å². The van der Waals surface area contributed by atoms with E-state index in [9.17, 15) is 19.1 Å². The standard InChI is InChI=1S/C17H11ClFNO5/c18-9-1-6-13-12(7-9)16(25-8-14(21)22)15(17(23)24)20(13)11-4-2-10(19)3-5-11/h1-7H,8H2,(H,21,22)(H,23,24). The second-order valence-electron chi connectivity index (χ2n) is 5.14. The van der Waals surface area contributed by atoms with Crippen LogP contribution in [0.3, 0.4) is 0 Å². The van der Waals surface area contributed by atoms with Gasteiger partial charge in [-0.3, -0.25) is 0 Å². The van der Waals surface area contributed by atoms with Crippen LogP contribution in [0.1, 0.15) is 10.5 Å². The van der Waals surface area contributed by atoms with E-state index in [-0.39, 0.29) is 11.4 Å². The summed E-state index contributed by atoms with van der Waals surface area (Å²) in [4.78, 5) is 22.7. The summed E-state index contributed by atoms with van der Waals surface area (Å²) in [6.45, 7) is -0.713. The van der Waals surface area contributed by atoms with E-state index < -0.39 is 24.4 Å². The number of aliphatic carboxylic acids is 1. The first kappa shape index (κ1) is 16.8. The molecule has 0 radical (unpaired) electrons. The Morgan fingerprint density at radius 1 is 1.12 bits per heavy atom. The van der Waals surface area contributed by atoms with Gasteiger partial charge in [-0.25, -0.2) is 14.0 Å². The fourth-order valence-corrected chi connectivity index (χ4v) is 2.74. The molecule has 0 atom stereocenters. The van der Waals surface area contributed by atoms with Crippen LogP contribution in [0.2, 0.25) is 5.02 Å². The fraction of sp³-hybridized carbons (Fsp3) is 0.0588. The van der Waals surface area contributed by atoms with Crippen LogP contribution in [-0.4, -0.2) is 33.3 Å². The first-order valence-electron chi connectivity index (χ1n) is 7.06. The molecule has 1 heterocycles. The average molecular weight is 364 g/mol. The van der Waals surface area contributed by atoms with E-state index in [1.807, 2.05) is 0 Å². The number of halogens is 2. The largest absolute Gasteiger partial charge is 0.479 e. The molecule has 0 aliphatic rings. The number of rotatable bonds is 5. The lowest BCUT2D eigenvalue weighted by Gasteiger charge is -2.09. The zero-order chi connectivity index (χ0) is 18.1. The fourth-order valence-electron chi connectivity index (χ4n) is 2.57. The number of carboxylic acids is 2. The lowest BCUT2D eigenvalue weighted by molar-refractivity contribution is -0.139. The van der Waals surface area contributed by atoms with E-state index in [2.05, 4.69) is 0 Å². The van der Waals surface area contributed by atoms with Crippen molar-refractivity contribution in [2.24, 2.45) is 0 Å². The van der Waals surface area contributed by atoms with Crippen LogP contribution in [0.15, 0.2) is 42.5 Å². The Morgan fingerprint density at radius 2 is 1.80 bits per heavy atom. The predicted molar refractivity (Wildman–Crippen MR) is 88.3 cm³/mol. The van der Waals surface area contributed by atoms with Crippen molar-refractivity contribution in [2.45, 2.75) is 0 Å². The van der Waals surface area contributed by atoms with Gasteiger partial charge >= 0.3 is 11.9 Å². The summed E-state index contributed by atoms with van der Waals surface area (Å²) in [5.74, 6) is -3.16. The summed E-state index contributed by atoms with van der Waals surface area (Å²) in [5, 5.41) is 19.2. The van der Waals surface area contributed by atoms with Crippen molar-refractivity contribution in [2.75, 3.05) is 6.61 Å². The minimum absolute atomic E-state index is 0.114. The number of carbonyl (C=O) groups is 2. The van der Waals surface area contributed by atoms with Crippen LogP contribution >= 0.6 is 11.6 Å². The summed E-state index contributed by atoms with van der Waals surface area (Å²) >= 11 is 5.98. The highest BCUT2D eigenvalue weighted by Gasteiger charge is 2.25. The Hall–Kier alpha value is -3.06. The number of hydrogen-bond donors (Lipinski definition) is 2. The number of aromatic carboxylic acids is 1. The molecule has 0 aliphatic heterocycles. The molecule has 0 saturated heterocycles. The molecule has 8 heteroatoms. The quantitative estimate of drug-likeness (QED) is 0.723. The predicted octanol–water partition coefficient (Wildman–Crippen LogP) is 3.58. The third-order valence-electron chi connectivity index (χ3n) is 3.51. The Balaban J connectivity index is 2.34. The van der Waals surface area contributed by atoms with Gasteiger partial charge in [-0.15, -0.1) is 0 Å². The number of aromatic nitrogens is 1. The normalized spacial score (nSPS) is 10.8. The van der Waals surface area contributed by atoms with Gasteiger partial charge in [0.25, 0.3) is 0 Å². The lowest BCUT2D eigenvalue weighted by Crippen LogP contribution is -2.13. The number of carboxylic acid groups (broad SMARTS) is 2. The molecule has 0 saturated carbocycles. The maximum atomic E-state index is 13.2. The Morgan fingerprint density at radius 3 is 2.40 bits per heavy atom. The van der Waals surface area contributed by atoms with Crippen molar-refractivity contribution in [3.8, 4) is 11.4 Å². The monoisotopic (exact) mass is 363 g/mol. The number of hydrogen-bond acceptors (Lipinski definition) is 3. The highest BCUT2D eigenvalue weighted by molar-refractivity contribution is 6.31. The van der Waals surface area contributed by atoms with Gasteiger partial charge in [0.05, 0.1) is 5.52 Å². The van der Waals surface area contributed by atoms with Crippen LogP contribution in [0, 0.1) is 5.82 Å². The lowest BCUT2D eigenvalue weighted by atomic mass is 10.2. The van der Waals surface area contributed by atoms with E-state index in [1.165, 1.54) is 34.9 Å². The minimum Gasteiger partial charge on any atom is -0.479 e. The molecule has 1 aromatic heterocycles. The maximum Gasteiger partial charge on any atom is 0.356 e. The van der Waals surface area contributed by atoms with Crippen molar-refractivity contribution >= 4 is 34.4 Å². The van der Waals surface area contributed by atoms with Gasteiger partial charge < -0.3 is 19.5 Å². The zero-order valence-electron chi connectivity index (χ0n) is 12.6. The average Bonchev–Trinajstić information content (AvgIpc) is 2.87. The first-order valence-corrected chi connectivity index (χ1v) is 7.44. The molecular weight excluding hydrogens is 353 g/mol. The molecule has 0 amide bonds. The van der Waals surface area contributed by atoms with E-state index >= 15 is 0 Å². The molecule has 128 valence electrons. The molecule has 3 rings (SSSR count). The van der Waals surface area contributed by atoms with E-state index in [4.69, 9.17) is 21.4 Å². The molecular formula is C17H11ClFNO5. The van der Waals surface area contributed by atoms with Crippen molar-refractivity contribution in [1.82, 2.24) is 4.57 Å². The topological polar surface area (TPSA) is 88.8 Å². The Kier molecular flexibility index (Phi) is 4.33. The molecule has 3 aromatic rings. The summed E-state index contributed by atoms with van der Waals surface area (Å²) < 4.78 is 19.8. The van der Waals surface area contributed by atoms with Crippen LogP contribution in [0.5, 0.6) is 5.75 Å². The van der Waals surface area contributed by atoms with Crippen molar-refractivity contribution in [1.29, 1.82) is 0 Å². The van der Waals surface area contributed by atoms with E-state index in [0.29, 0.717) is 21.6 Å². The molecule has 0 spiro atoms. The highest BCUT2D eigenvalue weighted by atomic mass is 35.5. The second-order valence-corrected chi connectivity index (χ2v) is 5.58. The molecule has 2 aromatic carbocycles. The summed E-state index contributed by atoms with van der Waals surface area (Å²) in [7, 11) is 0. The number of nitrogens with zero attached hydrogens (tertiary/aromatic N) is 1. The number of fused-ring (bicyclic) bond motifs is 1. The van der Waals surface area contributed by atoms with Crippen molar-refractivity contribution in [3.05, 3.63) is 59.0 Å². The molecule has 0 fully saturated rings. The Bertz CT molecular complexity index is 981. The number of benzene rings is 2. The van der Waals surface area contributed by atoms with Crippen LogP contribution in [0.4, 0.5) is 4.39 Å². The van der Waals surface area contributed by atoms with E-state index in [1.54, 1.807) is 12.1 Å². The zero-order valence-corrected chi connectivity index (χ0v) is 13.3. The Labute approximate surface area is 145 Å². The third kappa shape index (κ3) is 3.14. The minimum atomic E-state index is -1.32. The molecule has 2 N–H and O–H groups in total. The van der Waals surface area contributed by atoms with Gasteiger partial charge in [-0.1, -0.05) is 11.6 Å². The van der Waals surface area contributed by atoms with Crippen LogP contribution in [0.25, 0.3) is 16.6 Å². The van der Waals surface area contributed by atoms with E-state index in [0.717, 1.165) is 0 Å². The molecule has 0 bridgehead atoms. The second kappa shape index (κ2) is 6.45. The molecule has 0 unspecified atom stereocenters. The SMILES string of the molecule is O=C(O)COc1c(C(=O)O)n(-c2ccc(F)cc2)c2ccc(Cl)cc12. The first-order chi connectivity index (χ1) is 11.9. The third-order valence-corrected chi connectivity index (χ3v) is 3.75. The van der Waals surface area contributed by atoms with Crippen LogP contribution < -0.4 is 4.74 Å². The number of ether oxygens (including phenoxy) is 1. The molecule has 0 aliphatic carbocycles. The van der Waals surface area contributed by atoms with Gasteiger partial charge in [0.1, 0.15) is 5.82 Å². The smallest absolute Gasteiger partial charge is 0.356 e. The summed E-state index contributed by atoms with van der Waals surface area (Å²) in [5.41, 5.74) is 0.551. The summed E-state index contributed by atoms with van der Waals surface area (Å²) in [6.07, 6.45) is 0. The molecule has 6 nitrogen and oxygen atoms in total. The van der Waals surface area contributed by atoms with Crippen molar-refractivity contribution in [3.63, 3.8) is 0 Å². The maximum absolute atomic E-state index is 13.2. The van der Waals surface area contributed by atoms with Gasteiger partial charge in [0.2, 0.25) is 0 Å². The highest BCUT2D eigenvalue weighted by Crippen LogP contribution is 2.37. The van der Waals surface area contributed by atoms with Gasteiger partial charge in [0.15, 0.2) is 18.1 Å². The van der Waals surface area contributed by atoms with Crippen molar-refractivity contribution < 1.29 is 28.9 Å². The van der Waals surface area contributed by atoms with Crippen LogP contribution in [-0.2, 0) is 4.79 Å². The summed E-state index contributed by atoms with van der Waals surface area (Å²) in [6, 6.07) is 9.85.